The van der Waals surface area contributed by atoms with E-state index in [1.807, 2.05) is 0 Å². The molecule has 1 atom stereocenters. The van der Waals surface area contributed by atoms with Crippen LogP contribution in [-0.2, 0) is 15.8 Å². The molecule has 1 unspecified atom stereocenters. The number of carbonyl (C=O) groups is 3. The summed E-state index contributed by atoms with van der Waals surface area (Å²) in [6.07, 6.45) is -1.58. The number of rotatable bonds is 3. The van der Waals surface area contributed by atoms with Crippen LogP contribution < -0.4 is 0 Å². The maximum absolute atomic E-state index is 13.7. The molecule has 12 heteroatoms. The minimum Gasteiger partial charge on any atom is -0.492 e. The van der Waals surface area contributed by atoms with Gasteiger partial charge in [-0.1, -0.05) is 0 Å². The fourth-order valence-corrected chi connectivity index (χ4v) is 4.59. The number of alkyl halides is 3. The van der Waals surface area contributed by atoms with Crippen molar-refractivity contribution in [3.8, 4) is 5.88 Å². The summed E-state index contributed by atoms with van der Waals surface area (Å²) in [4.78, 5) is 45.6. The smallest absolute Gasteiger partial charge is 0.419 e. The molecule has 1 saturated carbocycles. The van der Waals surface area contributed by atoms with Crippen molar-refractivity contribution in [1.82, 2.24) is 24.1 Å². The van der Waals surface area contributed by atoms with Gasteiger partial charge in [-0.3, -0.25) is 18.8 Å². The third-order valence-electron chi connectivity index (χ3n) is 6.58. The van der Waals surface area contributed by atoms with Gasteiger partial charge in [-0.25, -0.2) is 4.98 Å². The van der Waals surface area contributed by atoms with Gasteiger partial charge in [0.25, 0.3) is 5.91 Å². The second-order valence-electron chi connectivity index (χ2n) is 8.88. The second-order valence-corrected chi connectivity index (χ2v) is 8.88. The Morgan fingerprint density at radius 3 is 2.48 bits per heavy atom. The normalized spacial score (nSPS) is 22.1. The molecule has 1 aliphatic carbocycles. The molecule has 5 rings (SSSR count). The van der Waals surface area contributed by atoms with Crippen molar-refractivity contribution in [2.45, 2.75) is 37.4 Å². The Kier molecular flexibility index (Phi) is 4.80. The molecule has 0 aromatic carbocycles. The summed E-state index contributed by atoms with van der Waals surface area (Å²) in [6, 6.07) is 0.752. The van der Waals surface area contributed by atoms with Crippen LogP contribution in [-0.4, -0.2) is 86.2 Å². The number of likely N-dealkylation sites (tertiary alicyclic amines) is 1. The Morgan fingerprint density at radius 2 is 1.91 bits per heavy atom. The van der Waals surface area contributed by atoms with Crippen LogP contribution >= 0.6 is 0 Å². The summed E-state index contributed by atoms with van der Waals surface area (Å²) in [5, 5.41) is 10.6. The number of aromatic nitrogens is 2. The summed E-state index contributed by atoms with van der Waals surface area (Å²) < 4.78 is 41.9. The average molecular weight is 465 g/mol. The lowest BCUT2D eigenvalue weighted by Gasteiger charge is -2.37. The van der Waals surface area contributed by atoms with E-state index >= 15 is 0 Å². The minimum absolute atomic E-state index is 0.0105. The number of hydrogen-bond donors (Lipinski definition) is 1. The highest BCUT2D eigenvalue weighted by Gasteiger charge is 2.40. The number of carbonyl (C=O) groups excluding carboxylic acids is 3. The fraction of sp³-hybridized carbons (Fsp3) is 0.524. The average Bonchev–Trinajstić information content (AvgIpc) is 3.48. The predicted molar refractivity (Wildman–Crippen MR) is 107 cm³/mol. The quantitative estimate of drug-likeness (QED) is 0.740. The lowest BCUT2D eigenvalue weighted by atomic mass is 10.1. The number of hydrogen-bond acceptors (Lipinski definition) is 5. The lowest BCUT2D eigenvalue weighted by molar-refractivity contribution is -0.137. The van der Waals surface area contributed by atoms with Crippen molar-refractivity contribution in [3.05, 3.63) is 29.1 Å². The molecule has 2 aliphatic heterocycles. The first-order chi connectivity index (χ1) is 15.5. The number of fused-ring (bicyclic) bond motifs is 1. The maximum Gasteiger partial charge on any atom is 0.419 e. The van der Waals surface area contributed by atoms with Crippen LogP contribution in [0.2, 0.25) is 0 Å². The molecule has 3 aliphatic rings. The third kappa shape index (κ3) is 3.66. The van der Waals surface area contributed by atoms with E-state index < -0.39 is 34.9 Å². The molecule has 1 N–H and O–H groups in total. The highest BCUT2D eigenvalue weighted by molar-refractivity contribution is 5.98. The van der Waals surface area contributed by atoms with E-state index in [0.29, 0.717) is 12.1 Å². The Morgan fingerprint density at radius 1 is 1.18 bits per heavy atom. The molecule has 0 bridgehead atoms. The molecule has 33 heavy (non-hydrogen) atoms. The second kappa shape index (κ2) is 7.35. The Labute approximate surface area is 186 Å². The molecular formula is C21H22F3N5O4. The molecule has 176 valence electrons. The van der Waals surface area contributed by atoms with E-state index in [1.54, 1.807) is 11.9 Å². The molecule has 4 heterocycles. The summed E-state index contributed by atoms with van der Waals surface area (Å²) in [7, 11) is 1.66. The maximum atomic E-state index is 13.7. The van der Waals surface area contributed by atoms with Gasteiger partial charge in [0.2, 0.25) is 17.7 Å². The van der Waals surface area contributed by atoms with Gasteiger partial charge < -0.3 is 19.8 Å². The molecule has 0 radical (unpaired) electrons. The first-order valence-electron chi connectivity index (χ1n) is 10.7. The number of piperazine rings is 1. The van der Waals surface area contributed by atoms with Crippen molar-refractivity contribution in [1.29, 1.82) is 0 Å². The van der Waals surface area contributed by atoms with Gasteiger partial charge in [0.15, 0.2) is 11.3 Å². The van der Waals surface area contributed by atoms with E-state index in [-0.39, 0.29) is 49.8 Å². The fourth-order valence-electron chi connectivity index (χ4n) is 4.59. The largest absolute Gasteiger partial charge is 0.492 e. The number of pyridine rings is 1. The van der Waals surface area contributed by atoms with Gasteiger partial charge in [-0.05, 0) is 30.4 Å². The molecule has 0 spiro atoms. The number of nitrogens with zero attached hydrogens (tertiary/aromatic N) is 5. The van der Waals surface area contributed by atoms with Gasteiger partial charge in [-0.15, -0.1) is 0 Å². The van der Waals surface area contributed by atoms with Gasteiger partial charge in [0.05, 0.1) is 11.6 Å². The minimum atomic E-state index is -4.71. The molecule has 2 aromatic rings. The number of likely N-dealkylation sites (N-methyl/N-ethyl adjacent to an activating group) is 1. The predicted octanol–water partition coefficient (Wildman–Crippen LogP) is 1.45. The Balaban J connectivity index is 1.42. The number of aromatic hydroxyl groups is 1. The van der Waals surface area contributed by atoms with Crippen LogP contribution in [0.1, 0.15) is 46.8 Å². The van der Waals surface area contributed by atoms with Gasteiger partial charge in [-0.2, -0.15) is 13.2 Å². The molecule has 3 amide bonds. The van der Waals surface area contributed by atoms with Crippen LogP contribution in [0.5, 0.6) is 5.88 Å². The van der Waals surface area contributed by atoms with Crippen molar-refractivity contribution in [3.63, 3.8) is 0 Å². The Bertz CT molecular complexity index is 1170. The van der Waals surface area contributed by atoms with Crippen LogP contribution in [0.25, 0.3) is 5.65 Å². The number of amides is 3. The molecule has 3 fully saturated rings. The molecule has 2 aromatic heterocycles. The SMILES string of the molecule is CN1CC(N2CCN(C(=O)c3nc4c(C(F)(F)F)cc(C5CC5)cn4c3O)CC2=O)CC1=O. The molecule has 2 saturated heterocycles. The van der Waals surface area contributed by atoms with Gasteiger partial charge in [0, 0.05) is 39.3 Å². The Hall–Kier alpha value is -3.31. The van der Waals surface area contributed by atoms with Gasteiger partial charge in [0.1, 0.15) is 6.54 Å². The van der Waals surface area contributed by atoms with Crippen molar-refractivity contribution in [2.75, 3.05) is 33.2 Å². The highest BCUT2D eigenvalue weighted by atomic mass is 19.4. The van der Waals surface area contributed by atoms with E-state index in [0.717, 1.165) is 28.2 Å². The van der Waals surface area contributed by atoms with Crippen molar-refractivity contribution >= 4 is 23.4 Å². The zero-order valence-corrected chi connectivity index (χ0v) is 17.8. The van der Waals surface area contributed by atoms with E-state index in [4.69, 9.17) is 0 Å². The van der Waals surface area contributed by atoms with E-state index in [2.05, 4.69) is 4.98 Å². The lowest BCUT2D eigenvalue weighted by Crippen LogP contribution is -2.55. The standard InChI is InChI=1S/C21H22F3N5O4/c1-26-9-13(7-15(26)30)28-5-4-27(10-16(28)31)19(32)17-20(33)29-8-12(11-2-3-11)6-14(18(29)25-17)21(22,23)24/h6,8,11,13,33H,2-5,7,9-10H2,1H3. The van der Waals surface area contributed by atoms with E-state index in [1.165, 1.54) is 11.1 Å². The van der Waals surface area contributed by atoms with Crippen molar-refractivity contribution in [2.24, 2.45) is 0 Å². The topological polar surface area (TPSA) is 98.5 Å². The zero-order chi connectivity index (χ0) is 23.7. The number of imidazole rings is 1. The summed E-state index contributed by atoms with van der Waals surface area (Å²) in [6.45, 7) is 0.408. The molecule has 9 nitrogen and oxygen atoms in total. The molecular weight excluding hydrogens is 443 g/mol. The van der Waals surface area contributed by atoms with Crippen molar-refractivity contribution < 1.29 is 32.7 Å². The third-order valence-corrected chi connectivity index (χ3v) is 6.58. The van der Waals surface area contributed by atoms with Crippen LogP contribution in [0.3, 0.4) is 0 Å². The first-order valence-corrected chi connectivity index (χ1v) is 10.7. The highest BCUT2D eigenvalue weighted by Crippen LogP contribution is 2.43. The van der Waals surface area contributed by atoms with Crippen LogP contribution in [0, 0.1) is 0 Å². The number of halogens is 3. The van der Waals surface area contributed by atoms with Crippen LogP contribution in [0.15, 0.2) is 12.3 Å². The monoisotopic (exact) mass is 465 g/mol. The van der Waals surface area contributed by atoms with E-state index in [9.17, 15) is 32.7 Å². The summed E-state index contributed by atoms with van der Waals surface area (Å²) >= 11 is 0. The summed E-state index contributed by atoms with van der Waals surface area (Å²) in [5.41, 5.74) is -1.66. The van der Waals surface area contributed by atoms with Crippen LogP contribution in [0.4, 0.5) is 13.2 Å². The van der Waals surface area contributed by atoms with Gasteiger partial charge >= 0.3 is 6.18 Å². The summed E-state index contributed by atoms with van der Waals surface area (Å²) in [5.74, 6) is -1.93. The first kappa shape index (κ1) is 21.5. The zero-order valence-electron chi connectivity index (χ0n) is 17.8.